The van der Waals surface area contributed by atoms with Gasteiger partial charge < -0.3 is 5.73 Å². The molecule has 0 aliphatic carbocycles. The van der Waals surface area contributed by atoms with Crippen LogP contribution in [0, 0.1) is 0 Å². The summed E-state index contributed by atoms with van der Waals surface area (Å²) < 4.78 is 0. The second-order valence-electron chi connectivity index (χ2n) is 4.10. The molecule has 0 amide bonds. The molecule has 88 valence electrons. The molecule has 3 aromatic rings. The summed E-state index contributed by atoms with van der Waals surface area (Å²) in [6, 6.07) is 17.6. The molecule has 3 rings (SSSR count). The molecule has 0 aliphatic rings. The van der Waals surface area contributed by atoms with Crippen LogP contribution >= 0.6 is 11.6 Å². The van der Waals surface area contributed by atoms with E-state index in [1.54, 1.807) is 6.07 Å². The smallest absolute Gasteiger partial charge is 0.129 e. The summed E-state index contributed by atoms with van der Waals surface area (Å²) in [6.07, 6.45) is 0. The Balaban J connectivity index is 2.37. The lowest BCUT2D eigenvalue weighted by molar-refractivity contribution is 1.33. The van der Waals surface area contributed by atoms with E-state index in [0.717, 1.165) is 22.0 Å². The number of pyridine rings is 1. The number of anilines is 1. The molecule has 0 spiro atoms. The molecule has 0 saturated heterocycles. The van der Waals surface area contributed by atoms with Gasteiger partial charge in [0.1, 0.15) is 5.15 Å². The number of rotatable bonds is 1. The lowest BCUT2D eigenvalue weighted by Gasteiger charge is -2.09. The van der Waals surface area contributed by atoms with Gasteiger partial charge in [-0.15, -0.1) is 0 Å². The van der Waals surface area contributed by atoms with E-state index in [1.165, 1.54) is 0 Å². The quantitative estimate of drug-likeness (QED) is 0.524. The summed E-state index contributed by atoms with van der Waals surface area (Å²) in [5, 5.41) is 2.70. The van der Waals surface area contributed by atoms with Crippen LogP contribution in [0.1, 0.15) is 0 Å². The topological polar surface area (TPSA) is 38.9 Å². The van der Waals surface area contributed by atoms with Gasteiger partial charge in [0.15, 0.2) is 0 Å². The predicted molar refractivity (Wildman–Crippen MR) is 76.6 cm³/mol. The Morgan fingerprint density at radius 2 is 1.72 bits per heavy atom. The molecule has 0 atom stereocenters. The van der Waals surface area contributed by atoms with Crippen molar-refractivity contribution in [3.63, 3.8) is 0 Å². The Hall–Kier alpha value is -2.06. The minimum absolute atomic E-state index is 0.472. The third-order valence-electron chi connectivity index (χ3n) is 2.93. The van der Waals surface area contributed by atoms with Gasteiger partial charge in [-0.3, -0.25) is 0 Å². The van der Waals surface area contributed by atoms with Crippen molar-refractivity contribution in [1.82, 2.24) is 4.98 Å². The van der Waals surface area contributed by atoms with Crippen LogP contribution in [-0.4, -0.2) is 4.98 Å². The van der Waals surface area contributed by atoms with Crippen molar-refractivity contribution < 1.29 is 0 Å². The van der Waals surface area contributed by atoms with Crippen LogP contribution in [0.4, 0.5) is 5.69 Å². The number of nitrogens with two attached hydrogens (primary N) is 1. The Kier molecular flexibility index (Phi) is 2.65. The number of nitrogens with zero attached hydrogens (tertiary/aromatic N) is 1. The normalized spacial score (nSPS) is 10.7. The predicted octanol–water partition coefficient (Wildman–Crippen LogP) is 4.14. The third kappa shape index (κ3) is 1.81. The molecule has 0 unspecified atom stereocenters. The maximum absolute atomic E-state index is 6.09. The van der Waals surface area contributed by atoms with Crippen LogP contribution in [0.5, 0.6) is 0 Å². The number of halogens is 1. The first-order valence-corrected chi connectivity index (χ1v) is 6.03. The molecule has 1 heterocycles. The number of hydrogen-bond donors (Lipinski definition) is 1. The fraction of sp³-hybridized carbons (Fsp3) is 0. The van der Waals surface area contributed by atoms with E-state index in [1.807, 2.05) is 42.5 Å². The SMILES string of the molecule is Nc1ccc2ccccc2c1-c1cccc(Cl)n1. The summed E-state index contributed by atoms with van der Waals surface area (Å²) in [7, 11) is 0. The van der Waals surface area contributed by atoms with Crippen LogP contribution in [0.25, 0.3) is 22.0 Å². The fourth-order valence-corrected chi connectivity index (χ4v) is 2.29. The average molecular weight is 255 g/mol. The first kappa shape index (κ1) is 11.1. The molecule has 1 aromatic heterocycles. The highest BCUT2D eigenvalue weighted by Crippen LogP contribution is 2.33. The van der Waals surface area contributed by atoms with Crippen LogP contribution in [0.15, 0.2) is 54.6 Å². The standard InChI is InChI=1S/C15H11ClN2/c16-14-7-3-6-13(18-14)15-11-5-2-1-4-10(11)8-9-12(15)17/h1-9H,17H2. The average Bonchev–Trinajstić information content (AvgIpc) is 2.38. The highest BCUT2D eigenvalue weighted by Gasteiger charge is 2.09. The molecule has 2 aromatic carbocycles. The van der Waals surface area contributed by atoms with Gasteiger partial charge in [-0.2, -0.15) is 0 Å². The van der Waals surface area contributed by atoms with E-state index >= 15 is 0 Å². The first-order chi connectivity index (χ1) is 8.75. The minimum Gasteiger partial charge on any atom is -0.398 e. The van der Waals surface area contributed by atoms with E-state index in [0.29, 0.717) is 10.8 Å². The summed E-state index contributed by atoms with van der Waals surface area (Å²) in [6.45, 7) is 0. The van der Waals surface area contributed by atoms with Crippen LogP contribution in [0.3, 0.4) is 0 Å². The molecule has 0 aliphatic heterocycles. The Morgan fingerprint density at radius 1 is 0.889 bits per heavy atom. The van der Waals surface area contributed by atoms with Crippen LogP contribution < -0.4 is 5.73 Å². The minimum atomic E-state index is 0.472. The molecule has 18 heavy (non-hydrogen) atoms. The van der Waals surface area contributed by atoms with Crippen molar-refractivity contribution >= 4 is 28.1 Å². The zero-order chi connectivity index (χ0) is 12.5. The highest BCUT2D eigenvalue weighted by atomic mass is 35.5. The van der Waals surface area contributed by atoms with Crippen molar-refractivity contribution in [1.29, 1.82) is 0 Å². The van der Waals surface area contributed by atoms with Crippen molar-refractivity contribution in [3.8, 4) is 11.3 Å². The molecule has 2 N–H and O–H groups in total. The molecular formula is C15H11ClN2. The molecule has 0 saturated carbocycles. The maximum Gasteiger partial charge on any atom is 0.129 e. The van der Waals surface area contributed by atoms with Gasteiger partial charge in [0.2, 0.25) is 0 Å². The number of fused-ring (bicyclic) bond motifs is 1. The van der Waals surface area contributed by atoms with Gasteiger partial charge in [-0.1, -0.05) is 48.0 Å². The Morgan fingerprint density at radius 3 is 2.56 bits per heavy atom. The van der Waals surface area contributed by atoms with Crippen LogP contribution in [-0.2, 0) is 0 Å². The van der Waals surface area contributed by atoms with Gasteiger partial charge >= 0.3 is 0 Å². The molecular weight excluding hydrogens is 244 g/mol. The number of benzene rings is 2. The van der Waals surface area contributed by atoms with E-state index in [2.05, 4.69) is 11.1 Å². The largest absolute Gasteiger partial charge is 0.398 e. The van der Waals surface area contributed by atoms with Crippen LogP contribution in [0.2, 0.25) is 5.15 Å². The lowest BCUT2D eigenvalue weighted by atomic mass is 10.00. The van der Waals surface area contributed by atoms with E-state index in [4.69, 9.17) is 17.3 Å². The van der Waals surface area contributed by atoms with E-state index in [9.17, 15) is 0 Å². The highest BCUT2D eigenvalue weighted by molar-refractivity contribution is 6.29. The van der Waals surface area contributed by atoms with Crippen molar-refractivity contribution in [2.45, 2.75) is 0 Å². The van der Waals surface area contributed by atoms with Gasteiger partial charge in [0.05, 0.1) is 5.69 Å². The molecule has 2 nitrogen and oxygen atoms in total. The summed E-state index contributed by atoms with van der Waals surface area (Å²) >= 11 is 5.95. The Labute approximate surface area is 110 Å². The molecule has 0 fully saturated rings. The Bertz CT molecular complexity index is 723. The number of hydrogen-bond acceptors (Lipinski definition) is 2. The lowest BCUT2D eigenvalue weighted by Crippen LogP contribution is -1.93. The molecule has 0 radical (unpaired) electrons. The molecule has 0 bridgehead atoms. The van der Waals surface area contributed by atoms with Crippen molar-refractivity contribution in [2.24, 2.45) is 0 Å². The fourth-order valence-electron chi connectivity index (χ4n) is 2.12. The van der Waals surface area contributed by atoms with Crippen molar-refractivity contribution in [3.05, 3.63) is 59.8 Å². The summed E-state index contributed by atoms with van der Waals surface area (Å²) in [4.78, 5) is 4.34. The second kappa shape index (κ2) is 4.31. The number of aromatic nitrogens is 1. The second-order valence-corrected chi connectivity index (χ2v) is 4.48. The monoisotopic (exact) mass is 254 g/mol. The van der Waals surface area contributed by atoms with E-state index in [-0.39, 0.29) is 0 Å². The van der Waals surface area contributed by atoms with Gasteiger partial charge in [0, 0.05) is 11.3 Å². The molecule has 3 heteroatoms. The van der Waals surface area contributed by atoms with Gasteiger partial charge in [0.25, 0.3) is 0 Å². The zero-order valence-electron chi connectivity index (χ0n) is 9.60. The summed E-state index contributed by atoms with van der Waals surface area (Å²) in [5.41, 5.74) is 8.54. The zero-order valence-corrected chi connectivity index (χ0v) is 10.4. The maximum atomic E-state index is 6.09. The first-order valence-electron chi connectivity index (χ1n) is 5.66. The summed E-state index contributed by atoms with van der Waals surface area (Å²) in [5.74, 6) is 0. The third-order valence-corrected chi connectivity index (χ3v) is 3.14. The van der Waals surface area contributed by atoms with Gasteiger partial charge in [-0.25, -0.2) is 4.98 Å². The van der Waals surface area contributed by atoms with E-state index < -0.39 is 0 Å². The van der Waals surface area contributed by atoms with Crippen molar-refractivity contribution in [2.75, 3.05) is 5.73 Å². The number of nitrogen functional groups attached to an aromatic ring is 1. The van der Waals surface area contributed by atoms with Gasteiger partial charge in [-0.05, 0) is 29.0 Å².